The fraction of sp³-hybridized carbons (Fsp3) is 0.714. The van der Waals surface area contributed by atoms with Crippen molar-refractivity contribution in [1.82, 2.24) is 19.1 Å². The van der Waals surface area contributed by atoms with E-state index in [1.165, 1.54) is 10.8 Å². The maximum atomic E-state index is 11.9. The Morgan fingerprint density at radius 3 is 1.97 bits per heavy atom. The molecule has 0 aromatic carbocycles. The van der Waals surface area contributed by atoms with Gasteiger partial charge in [-0.2, -0.15) is 4.98 Å². The van der Waals surface area contributed by atoms with Crippen molar-refractivity contribution in [2.75, 3.05) is 0 Å². The summed E-state index contributed by atoms with van der Waals surface area (Å²) in [5.41, 5.74) is -0.731. The Morgan fingerprint density at radius 1 is 0.872 bits per heavy atom. The SMILES string of the molecule is CCC1(CC)O[C@@H](n2cc(C)c(=O)[nH]c2=O)[C@H](O)[C@@H]1C.CCC1(CC)O[C@@H]2[C@@H](Oc3nc(=O)c(C)cn32)[C@@H]1C. The second-order valence-corrected chi connectivity index (χ2v) is 11.1. The van der Waals surface area contributed by atoms with Gasteiger partial charge in [-0.3, -0.25) is 23.7 Å². The summed E-state index contributed by atoms with van der Waals surface area (Å²) >= 11 is 0. The number of nitrogens with zero attached hydrogens (tertiary/aromatic N) is 3. The summed E-state index contributed by atoms with van der Waals surface area (Å²) in [7, 11) is 0. The van der Waals surface area contributed by atoms with E-state index in [9.17, 15) is 19.5 Å². The first kappa shape index (κ1) is 29.2. The van der Waals surface area contributed by atoms with Crippen molar-refractivity contribution in [1.29, 1.82) is 0 Å². The topological polar surface area (TPSA) is 138 Å². The van der Waals surface area contributed by atoms with Crippen LogP contribution in [0.2, 0.25) is 0 Å². The molecule has 6 atom stereocenters. The van der Waals surface area contributed by atoms with Crippen LogP contribution in [0.4, 0.5) is 0 Å². The lowest BCUT2D eigenvalue weighted by Crippen LogP contribution is -2.37. The molecule has 0 radical (unpaired) electrons. The fourth-order valence-corrected chi connectivity index (χ4v) is 6.37. The smallest absolute Gasteiger partial charge is 0.330 e. The van der Waals surface area contributed by atoms with Crippen molar-refractivity contribution in [3.05, 3.63) is 54.7 Å². The first-order valence-electron chi connectivity index (χ1n) is 14.0. The molecule has 2 saturated heterocycles. The summed E-state index contributed by atoms with van der Waals surface area (Å²) in [4.78, 5) is 41.1. The molecule has 5 rings (SSSR count). The summed E-state index contributed by atoms with van der Waals surface area (Å²) in [5.74, 6) is 0.200. The van der Waals surface area contributed by atoms with Crippen molar-refractivity contribution in [2.24, 2.45) is 11.8 Å². The molecule has 0 saturated carbocycles. The average molecular weight is 547 g/mol. The molecule has 2 N–H and O–H groups in total. The van der Waals surface area contributed by atoms with Gasteiger partial charge < -0.3 is 19.3 Å². The van der Waals surface area contributed by atoms with Crippen LogP contribution in [-0.2, 0) is 9.47 Å². The first-order chi connectivity index (χ1) is 18.4. The number of aromatic amines is 1. The number of aliphatic hydroxyl groups excluding tert-OH is 1. The highest BCUT2D eigenvalue weighted by Crippen LogP contribution is 2.50. The van der Waals surface area contributed by atoms with E-state index in [-0.39, 0.29) is 35.3 Å². The van der Waals surface area contributed by atoms with Gasteiger partial charge in [0.1, 0.15) is 6.10 Å². The van der Waals surface area contributed by atoms with Crippen LogP contribution in [0.5, 0.6) is 6.01 Å². The molecule has 216 valence electrons. The van der Waals surface area contributed by atoms with Gasteiger partial charge in [0.15, 0.2) is 18.6 Å². The largest absolute Gasteiger partial charge is 0.456 e. The number of hydrogen-bond donors (Lipinski definition) is 2. The number of fused-ring (bicyclic) bond motifs is 3. The maximum absolute atomic E-state index is 11.9. The quantitative estimate of drug-likeness (QED) is 0.584. The molecule has 3 aliphatic heterocycles. The third kappa shape index (κ3) is 4.68. The third-order valence-corrected chi connectivity index (χ3v) is 9.37. The third-order valence-electron chi connectivity index (χ3n) is 9.37. The Balaban J connectivity index is 0.000000181. The Labute approximate surface area is 228 Å². The zero-order valence-corrected chi connectivity index (χ0v) is 24.2. The van der Waals surface area contributed by atoms with Crippen LogP contribution in [0.3, 0.4) is 0 Å². The van der Waals surface area contributed by atoms with E-state index in [4.69, 9.17) is 14.2 Å². The second-order valence-electron chi connectivity index (χ2n) is 11.1. The van der Waals surface area contributed by atoms with Crippen molar-refractivity contribution in [3.8, 4) is 6.01 Å². The number of aryl methyl sites for hydroxylation is 2. The van der Waals surface area contributed by atoms with Crippen molar-refractivity contribution in [3.63, 3.8) is 0 Å². The predicted molar refractivity (Wildman–Crippen MR) is 145 cm³/mol. The summed E-state index contributed by atoms with van der Waals surface area (Å²) in [5, 5.41) is 10.4. The van der Waals surface area contributed by atoms with Crippen LogP contribution in [0.25, 0.3) is 0 Å². The van der Waals surface area contributed by atoms with Gasteiger partial charge in [0.05, 0.1) is 11.2 Å². The number of hydrogen-bond acceptors (Lipinski definition) is 8. The highest BCUT2D eigenvalue weighted by molar-refractivity contribution is 5.16. The fourth-order valence-electron chi connectivity index (χ4n) is 6.37. The van der Waals surface area contributed by atoms with Crippen LogP contribution in [0.1, 0.15) is 90.8 Å². The number of H-pyrrole nitrogens is 1. The first-order valence-corrected chi connectivity index (χ1v) is 14.0. The monoisotopic (exact) mass is 546 g/mol. The number of rotatable bonds is 5. The van der Waals surface area contributed by atoms with Crippen LogP contribution >= 0.6 is 0 Å². The van der Waals surface area contributed by atoms with Crippen LogP contribution in [0, 0.1) is 25.7 Å². The molecule has 0 unspecified atom stereocenters. The summed E-state index contributed by atoms with van der Waals surface area (Å²) in [6.45, 7) is 15.8. The van der Waals surface area contributed by atoms with Gasteiger partial charge in [-0.25, -0.2) is 4.79 Å². The van der Waals surface area contributed by atoms with Crippen molar-refractivity contribution >= 4 is 0 Å². The molecule has 3 aliphatic rings. The Hall–Kier alpha value is -2.76. The minimum atomic E-state index is -0.780. The molecular weight excluding hydrogens is 504 g/mol. The summed E-state index contributed by atoms with van der Waals surface area (Å²) in [6, 6.07) is 0.387. The van der Waals surface area contributed by atoms with E-state index in [0.717, 1.165) is 25.7 Å². The molecule has 0 bridgehead atoms. The van der Waals surface area contributed by atoms with E-state index in [1.807, 2.05) is 25.3 Å². The van der Waals surface area contributed by atoms with Gasteiger partial charge in [-0.15, -0.1) is 0 Å². The molecule has 11 heteroatoms. The van der Waals surface area contributed by atoms with Crippen molar-refractivity contribution in [2.45, 2.75) is 117 Å². The molecular formula is C28H42N4O7. The van der Waals surface area contributed by atoms with E-state index < -0.39 is 29.2 Å². The minimum Gasteiger partial charge on any atom is -0.456 e. The molecule has 2 aromatic heterocycles. The number of nitrogens with one attached hydrogen (secondary N) is 1. The Bertz CT molecular complexity index is 1370. The summed E-state index contributed by atoms with van der Waals surface area (Å²) in [6.07, 6.45) is 4.94. The normalized spacial score (nSPS) is 29.8. The standard InChI is InChI=1S/C14H22N2O4.C14H20N2O3/c1-5-14(6-2)9(4)10(17)12(20-14)16-7-8(3)11(18)15-13(16)19;1-5-14(6-2)9(4)10-12(19-14)16-7-8(3)11(17)15-13(16)18-10/h7,9-10,12,17H,5-6H2,1-4H3,(H,15,18,19);7,9-10,12H,5-6H2,1-4H3/t9-,10+,12+;9-,10-,12+/m00/s1. The number of aromatic nitrogens is 4. The molecule has 0 aliphatic carbocycles. The molecule has 5 heterocycles. The molecule has 2 aromatic rings. The van der Waals surface area contributed by atoms with E-state index >= 15 is 0 Å². The number of aliphatic hydroxyl groups is 1. The second kappa shape index (κ2) is 10.7. The minimum absolute atomic E-state index is 0.0476. The molecule has 11 nitrogen and oxygen atoms in total. The maximum Gasteiger partial charge on any atom is 0.330 e. The average Bonchev–Trinajstić information content (AvgIpc) is 3.49. The molecule has 2 fully saturated rings. The van der Waals surface area contributed by atoms with Gasteiger partial charge in [0, 0.05) is 35.4 Å². The van der Waals surface area contributed by atoms with E-state index in [1.54, 1.807) is 20.0 Å². The molecule has 39 heavy (non-hydrogen) atoms. The van der Waals surface area contributed by atoms with Crippen molar-refractivity contribution < 1.29 is 19.3 Å². The van der Waals surface area contributed by atoms with Gasteiger partial charge >= 0.3 is 11.7 Å². The van der Waals surface area contributed by atoms with E-state index in [2.05, 4.69) is 30.7 Å². The summed E-state index contributed by atoms with van der Waals surface area (Å²) < 4.78 is 21.3. The van der Waals surface area contributed by atoms with Crippen LogP contribution in [0.15, 0.2) is 26.8 Å². The zero-order valence-electron chi connectivity index (χ0n) is 24.2. The van der Waals surface area contributed by atoms with Gasteiger partial charge in [0.25, 0.3) is 11.1 Å². The van der Waals surface area contributed by atoms with Gasteiger partial charge in [0.2, 0.25) is 0 Å². The Kier molecular flexibility index (Phi) is 7.99. The lowest BCUT2D eigenvalue weighted by molar-refractivity contribution is -0.0981. The molecule has 0 amide bonds. The zero-order chi connectivity index (χ0) is 28.9. The van der Waals surface area contributed by atoms with E-state index in [0.29, 0.717) is 17.1 Å². The molecule has 0 spiro atoms. The predicted octanol–water partition coefficient (Wildman–Crippen LogP) is 2.97. The lowest BCUT2D eigenvalue weighted by Gasteiger charge is -2.31. The highest BCUT2D eigenvalue weighted by Gasteiger charge is 2.56. The highest BCUT2D eigenvalue weighted by atomic mass is 16.6. The van der Waals surface area contributed by atoms with Gasteiger partial charge in [-0.05, 0) is 39.5 Å². The Morgan fingerprint density at radius 2 is 1.41 bits per heavy atom. The van der Waals surface area contributed by atoms with Crippen LogP contribution in [-0.4, -0.2) is 47.6 Å². The number of ether oxygens (including phenoxy) is 3. The lowest BCUT2D eigenvalue weighted by atomic mass is 9.83. The van der Waals surface area contributed by atoms with Crippen LogP contribution < -0.4 is 21.5 Å². The van der Waals surface area contributed by atoms with Gasteiger partial charge in [-0.1, -0.05) is 41.5 Å².